The third-order valence-electron chi connectivity index (χ3n) is 10.2. The highest BCUT2D eigenvalue weighted by Crippen LogP contribution is 2.67. The molecular formula is C33H41NO10. The molecule has 2 aromatic heterocycles. The van der Waals surface area contributed by atoms with E-state index < -0.39 is 64.2 Å². The van der Waals surface area contributed by atoms with Gasteiger partial charge in [0, 0.05) is 55.6 Å². The van der Waals surface area contributed by atoms with E-state index in [9.17, 15) is 24.3 Å². The predicted octanol–water partition coefficient (Wildman–Crippen LogP) is 4.54. The van der Waals surface area contributed by atoms with Crippen LogP contribution in [0.2, 0.25) is 0 Å². The van der Waals surface area contributed by atoms with E-state index in [0.29, 0.717) is 24.8 Å². The first-order valence-corrected chi connectivity index (χ1v) is 15.2. The van der Waals surface area contributed by atoms with Crippen LogP contribution in [-0.2, 0) is 28.6 Å². The number of fused-ring (bicyclic) bond motifs is 4. The van der Waals surface area contributed by atoms with Crippen molar-refractivity contribution >= 4 is 17.9 Å². The number of carbonyl (C=O) groups is 3. The average molecular weight is 612 g/mol. The van der Waals surface area contributed by atoms with E-state index >= 15 is 0 Å². The minimum absolute atomic E-state index is 0.00979. The van der Waals surface area contributed by atoms with Crippen LogP contribution in [0, 0.1) is 22.7 Å². The Morgan fingerprint density at radius 3 is 2.50 bits per heavy atom. The number of ether oxygens (including phenoxy) is 4. The second kappa shape index (κ2) is 11.6. The second-order valence-electron chi connectivity index (χ2n) is 13.1. The van der Waals surface area contributed by atoms with Crippen LogP contribution in [0.25, 0.3) is 11.3 Å². The zero-order chi connectivity index (χ0) is 32.0. The fourth-order valence-corrected chi connectivity index (χ4v) is 8.26. The lowest BCUT2D eigenvalue weighted by atomic mass is 9.42. The van der Waals surface area contributed by atoms with Crippen LogP contribution in [0.1, 0.15) is 85.3 Å². The summed E-state index contributed by atoms with van der Waals surface area (Å²) in [6.07, 6.45) is 2.33. The van der Waals surface area contributed by atoms with Crippen molar-refractivity contribution in [3.8, 4) is 17.1 Å². The van der Waals surface area contributed by atoms with Gasteiger partial charge < -0.3 is 28.5 Å². The number of nitrogens with zero attached hydrogens (tertiary/aromatic N) is 1. The molecule has 3 unspecified atom stereocenters. The fraction of sp³-hybridized carbons (Fsp3) is 0.606. The fourth-order valence-electron chi connectivity index (χ4n) is 8.26. The molecule has 0 aromatic carbocycles. The first-order chi connectivity index (χ1) is 20.7. The molecule has 0 amide bonds. The minimum Gasteiger partial charge on any atom is -0.482 e. The molecule has 0 bridgehead atoms. The largest absolute Gasteiger partial charge is 0.482 e. The molecule has 5 rings (SSSR count). The van der Waals surface area contributed by atoms with E-state index in [4.69, 9.17) is 23.4 Å². The van der Waals surface area contributed by atoms with Gasteiger partial charge in [0.25, 0.3) is 0 Å². The summed E-state index contributed by atoms with van der Waals surface area (Å²) in [7, 11) is 0. The number of aliphatic hydroxyl groups is 1. The molecule has 11 nitrogen and oxygen atoms in total. The Kier molecular flexibility index (Phi) is 8.39. The van der Waals surface area contributed by atoms with Gasteiger partial charge in [-0.15, -0.1) is 0 Å². The lowest BCUT2D eigenvalue weighted by molar-refractivity contribution is -0.271. The third kappa shape index (κ3) is 5.29. The molecule has 8 atom stereocenters. The van der Waals surface area contributed by atoms with Crippen molar-refractivity contribution in [2.24, 2.45) is 22.7 Å². The standard InChI is InChI=1S/C33H41NO10/c1-7-9-26(37)43-25-15-23-31(4,12-11-24(41-19(3)36)32(23,5)17-40-18(2)35)29-28(38)27-22(44-33(25,29)6)14-21(42-30(27)39)20-10-8-13-34-16-20/h8,10,13-14,16,23-25,28-29,38H,7,9,11-12,15,17H2,1-6H3/t23?,24-,25-,28?,29?,31-,32-,33+/m0/s1. The van der Waals surface area contributed by atoms with E-state index in [2.05, 4.69) is 4.98 Å². The SMILES string of the molecule is CCCC(=O)O[C@H]1CC2[C@](C)(CC[C@H](OC(C)=O)[C@@]2(C)COC(C)=O)C2C(O)c3c(cc(-c4cccnc4)oc3=O)O[C@@]21C. The molecule has 2 aromatic rings. The topological polar surface area (TPSA) is 151 Å². The molecule has 11 heteroatoms. The Bertz CT molecular complexity index is 1490. The van der Waals surface area contributed by atoms with Crippen LogP contribution in [0.15, 0.2) is 39.8 Å². The zero-order valence-electron chi connectivity index (χ0n) is 26.1. The number of aromatic nitrogens is 1. The number of hydrogen-bond acceptors (Lipinski definition) is 11. The summed E-state index contributed by atoms with van der Waals surface area (Å²) in [6, 6.07) is 5.03. The van der Waals surface area contributed by atoms with Gasteiger partial charge in [-0.3, -0.25) is 19.4 Å². The molecule has 238 valence electrons. The Hall–Kier alpha value is -3.73. The number of aliphatic hydroxyl groups excluding tert-OH is 1. The monoisotopic (exact) mass is 611 g/mol. The Balaban J connectivity index is 1.67. The van der Waals surface area contributed by atoms with Crippen molar-refractivity contribution in [2.75, 3.05) is 6.61 Å². The number of pyridine rings is 1. The molecule has 1 aliphatic heterocycles. The maximum atomic E-state index is 13.5. The van der Waals surface area contributed by atoms with Gasteiger partial charge in [0.2, 0.25) is 0 Å². The van der Waals surface area contributed by atoms with E-state index in [0.717, 1.165) is 0 Å². The number of esters is 3. The number of hydrogen-bond donors (Lipinski definition) is 1. The molecule has 2 aliphatic carbocycles. The van der Waals surface area contributed by atoms with Gasteiger partial charge in [-0.05, 0) is 56.1 Å². The summed E-state index contributed by atoms with van der Waals surface area (Å²) in [5, 5.41) is 12.2. The van der Waals surface area contributed by atoms with Crippen LogP contribution < -0.4 is 10.4 Å². The molecule has 44 heavy (non-hydrogen) atoms. The lowest BCUT2D eigenvalue weighted by Gasteiger charge is -2.66. The van der Waals surface area contributed by atoms with E-state index in [1.807, 2.05) is 27.7 Å². The third-order valence-corrected chi connectivity index (χ3v) is 10.2. The summed E-state index contributed by atoms with van der Waals surface area (Å²) in [5.74, 6) is -2.11. The highest BCUT2D eigenvalue weighted by molar-refractivity contribution is 5.70. The summed E-state index contributed by atoms with van der Waals surface area (Å²) < 4.78 is 29.9. The Labute approximate surface area is 256 Å². The van der Waals surface area contributed by atoms with Gasteiger partial charge >= 0.3 is 23.5 Å². The van der Waals surface area contributed by atoms with Crippen molar-refractivity contribution in [2.45, 2.75) is 97.6 Å². The molecule has 0 saturated heterocycles. The van der Waals surface area contributed by atoms with Crippen LogP contribution in [0.3, 0.4) is 0 Å². The van der Waals surface area contributed by atoms with Crippen molar-refractivity contribution in [3.63, 3.8) is 0 Å². The molecule has 2 saturated carbocycles. The maximum absolute atomic E-state index is 13.5. The minimum atomic E-state index is -1.34. The normalized spacial score (nSPS) is 33.9. The van der Waals surface area contributed by atoms with Crippen LogP contribution in [-0.4, -0.2) is 52.4 Å². The van der Waals surface area contributed by atoms with Gasteiger partial charge in [0.05, 0.1) is 6.10 Å². The maximum Gasteiger partial charge on any atom is 0.345 e. The molecule has 2 fully saturated rings. The first-order valence-electron chi connectivity index (χ1n) is 15.2. The highest BCUT2D eigenvalue weighted by atomic mass is 16.6. The smallest absolute Gasteiger partial charge is 0.345 e. The van der Waals surface area contributed by atoms with E-state index in [-0.39, 0.29) is 42.4 Å². The van der Waals surface area contributed by atoms with Crippen molar-refractivity contribution in [1.82, 2.24) is 4.98 Å². The summed E-state index contributed by atoms with van der Waals surface area (Å²) >= 11 is 0. The summed E-state index contributed by atoms with van der Waals surface area (Å²) in [6.45, 7) is 10.2. The van der Waals surface area contributed by atoms with Crippen LogP contribution in [0.5, 0.6) is 5.75 Å². The van der Waals surface area contributed by atoms with E-state index in [1.54, 1.807) is 30.6 Å². The van der Waals surface area contributed by atoms with Crippen LogP contribution >= 0.6 is 0 Å². The van der Waals surface area contributed by atoms with Crippen molar-refractivity contribution in [1.29, 1.82) is 0 Å². The molecule has 3 heterocycles. The molecule has 0 spiro atoms. The van der Waals surface area contributed by atoms with E-state index in [1.165, 1.54) is 13.8 Å². The first kappa shape index (κ1) is 31.7. The summed E-state index contributed by atoms with van der Waals surface area (Å²) in [5.41, 5.74) is -3.08. The highest BCUT2D eigenvalue weighted by Gasteiger charge is 2.70. The number of carbonyl (C=O) groups excluding carboxylic acids is 3. The number of rotatable bonds is 7. The molecule has 0 radical (unpaired) electrons. The van der Waals surface area contributed by atoms with Gasteiger partial charge in [0.15, 0.2) is 0 Å². The van der Waals surface area contributed by atoms with Gasteiger partial charge in [-0.2, -0.15) is 0 Å². The van der Waals surface area contributed by atoms with Gasteiger partial charge in [-0.1, -0.05) is 20.8 Å². The zero-order valence-corrected chi connectivity index (χ0v) is 26.1. The van der Waals surface area contributed by atoms with Crippen LogP contribution in [0.4, 0.5) is 0 Å². The summed E-state index contributed by atoms with van der Waals surface area (Å²) in [4.78, 5) is 54.8. The van der Waals surface area contributed by atoms with Gasteiger partial charge in [0.1, 0.15) is 41.5 Å². The van der Waals surface area contributed by atoms with Crippen molar-refractivity contribution in [3.05, 3.63) is 46.6 Å². The molecule has 3 aliphatic rings. The quantitative estimate of drug-likeness (QED) is 0.347. The second-order valence-corrected chi connectivity index (χ2v) is 13.1. The van der Waals surface area contributed by atoms with Gasteiger partial charge in [-0.25, -0.2) is 4.79 Å². The molecular weight excluding hydrogens is 570 g/mol. The predicted molar refractivity (Wildman–Crippen MR) is 156 cm³/mol. The molecule has 1 N–H and O–H groups in total. The Morgan fingerprint density at radius 1 is 1.11 bits per heavy atom. The lowest BCUT2D eigenvalue weighted by Crippen LogP contribution is -2.71. The Morgan fingerprint density at radius 2 is 1.86 bits per heavy atom. The average Bonchev–Trinajstić information content (AvgIpc) is 2.95. The van der Waals surface area contributed by atoms with Crippen molar-refractivity contribution < 1.29 is 42.9 Å².